The van der Waals surface area contributed by atoms with E-state index in [1.165, 1.54) is 180 Å². The van der Waals surface area contributed by atoms with Crippen LogP contribution in [0.3, 0.4) is 0 Å². The van der Waals surface area contributed by atoms with Crippen LogP contribution in [0.5, 0.6) is 0 Å². The molecule has 0 rings (SSSR count). The highest BCUT2D eigenvalue weighted by molar-refractivity contribution is 5.70. The number of allylic oxidation sites excluding steroid dienone is 4. The molecular formula is C49H92O5. The molecule has 0 saturated heterocycles. The quantitative estimate of drug-likeness (QED) is 0.0352. The lowest BCUT2D eigenvalue weighted by molar-refractivity contribution is -0.163. The van der Waals surface area contributed by atoms with Crippen molar-refractivity contribution < 1.29 is 23.8 Å². The maximum absolute atomic E-state index is 12.7. The van der Waals surface area contributed by atoms with Gasteiger partial charge in [0, 0.05) is 19.4 Å². The molecule has 0 aromatic heterocycles. The smallest absolute Gasteiger partial charge is 0.306 e. The summed E-state index contributed by atoms with van der Waals surface area (Å²) in [4.78, 5) is 25.2. The van der Waals surface area contributed by atoms with Gasteiger partial charge in [-0.2, -0.15) is 0 Å². The van der Waals surface area contributed by atoms with E-state index in [1.807, 2.05) is 0 Å². The molecule has 0 amide bonds. The average Bonchev–Trinajstić information content (AvgIpc) is 3.17. The second-order valence-electron chi connectivity index (χ2n) is 16.0. The molecule has 54 heavy (non-hydrogen) atoms. The summed E-state index contributed by atoms with van der Waals surface area (Å²) in [5, 5.41) is 0. The Morgan fingerprint density at radius 3 is 1.26 bits per heavy atom. The minimum atomic E-state index is -0.526. The van der Waals surface area contributed by atoms with E-state index >= 15 is 0 Å². The van der Waals surface area contributed by atoms with Gasteiger partial charge in [0.15, 0.2) is 6.10 Å². The van der Waals surface area contributed by atoms with Crippen molar-refractivity contribution in [1.82, 2.24) is 0 Å². The lowest BCUT2D eigenvalue weighted by atomic mass is 10.1. The SMILES string of the molecule is CCCCC/C=C\C/C=C\CCCCCCCCCCCC(=O)OCC(COCCCCCCCCCC)OC(=O)CCCCCCCCCCCCC. The summed E-state index contributed by atoms with van der Waals surface area (Å²) in [5.74, 6) is -0.391. The zero-order valence-electron chi connectivity index (χ0n) is 36.5. The molecule has 318 valence electrons. The van der Waals surface area contributed by atoms with Crippen LogP contribution in [0.1, 0.15) is 252 Å². The Labute approximate surface area is 337 Å². The Hall–Kier alpha value is -1.62. The molecule has 0 radical (unpaired) electrons. The van der Waals surface area contributed by atoms with Gasteiger partial charge in [0.05, 0.1) is 6.61 Å². The van der Waals surface area contributed by atoms with Crippen LogP contribution in [0.4, 0.5) is 0 Å². The lowest BCUT2D eigenvalue weighted by Gasteiger charge is -2.18. The molecule has 0 fully saturated rings. The van der Waals surface area contributed by atoms with Gasteiger partial charge in [0.2, 0.25) is 0 Å². The number of rotatable bonds is 44. The van der Waals surface area contributed by atoms with Crippen molar-refractivity contribution in [1.29, 1.82) is 0 Å². The topological polar surface area (TPSA) is 61.8 Å². The summed E-state index contributed by atoms with van der Waals surface area (Å²) in [6, 6.07) is 0. The fraction of sp³-hybridized carbons (Fsp3) is 0.878. The van der Waals surface area contributed by atoms with Gasteiger partial charge in [-0.05, 0) is 51.4 Å². The molecule has 0 heterocycles. The third kappa shape index (κ3) is 43.1. The van der Waals surface area contributed by atoms with E-state index in [0.717, 1.165) is 38.5 Å². The number of carbonyl (C=O) groups is 2. The van der Waals surface area contributed by atoms with Crippen LogP contribution < -0.4 is 0 Å². The molecule has 0 spiro atoms. The third-order valence-corrected chi connectivity index (χ3v) is 10.5. The van der Waals surface area contributed by atoms with E-state index in [0.29, 0.717) is 26.1 Å². The van der Waals surface area contributed by atoms with Gasteiger partial charge in [-0.3, -0.25) is 9.59 Å². The fourth-order valence-corrected chi connectivity index (χ4v) is 6.89. The van der Waals surface area contributed by atoms with E-state index in [9.17, 15) is 9.59 Å². The van der Waals surface area contributed by atoms with Crippen molar-refractivity contribution in [2.75, 3.05) is 19.8 Å². The predicted octanol–water partition coefficient (Wildman–Crippen LogP) is 15.7. The summed E-state index contributed by atoms with van der Waals surface area (Å²) in [7, 11) is 0. The third-order valence-electron chi connectivity index (χ3n) is 10.5. The molecule has 1 unspecified atom stereocenters. The van der Waals surface area contributed by atoms with Gasteiger partial charge in [-0.25, -0.2) is 0 Å². The molecule has 1 atom stereocenters. The molecule has 0 aromatic carbocycles. The van der Waals surface area contributed by atoms with Gasteiger partial charge in [-0.15, -0.1) is 0 Å². The second kappa shape index (κ2) is 45.8. The molecule has 0 aliphatic rings. The van der Waals surface area contributed by atoms with Crippen LogP contribution in [0.15, 0.2) is 24.3 Å². The van der Waals surface area contributed by atoms with Crippen molar-refractivity contribution in [3.63, 3.8) is 0 Å². The van der Waals surface area contributed by atoms with Crippen LogP contribution in [-0.4, -0.2) is 37.9 Å². The Balaban J connectivity index is 4.10. The van der Waals surface area contributed by atoms with E-state index in [-0.39, 0.29) is 18.5 Å². The summed E-state index contributed by atoms with van der Waals surface area (Å²) in [6.45, 7) is 7.81. The number of unbranched alkanes of at least 4 members (excludes halogenated alkanes) is 29. The Morgan fingerprint density at radius 1 is 0.407 bits per heavy atom. The van der Waals surface area contributed by atoms with Crippen molar-refractivity contribution in [2.24, 2.45) is 0 Å². The zero-order chi connectivity index (χ0) is 39.3. The number of carbonyl (C=O) groups excluding carboxylic acids is 2. The first-order chi connectivity index (χ1) is 26.6. The van der Waals surface area contributed by atoms with Gasteiger partial charge in [-0.1, -0.05) is 212 Å². The predicted molar refractivity (Wildman–Crippen MR) is 233 cm³/mol. The number of esters is 2. The van der Waals surface area contributed by atoms with Crippen molar-refractivity contribution >= 4 is 11.9 Å². The van der Waals surface area contributed by atoms with Crippen LogP contribution in [-0.2, 0) is 23.8 Å². The first-order valence-electron chi connectivity index (χ1n) is 23.9. The minimum Gasteiger partial charge on any atom is -0.462 e. The first kappa shape index (κ1) is 52.4. The summed E-state index contributed by atoms with van der Waals surface area (Å²) >= 11 is 0. The van der Waals surface area contributed by atoms with E-state index in [2.05, 4.69) is 45.1 Å². The zero-order valence-corrected chi connectivity index (χ0v) is 36.5. The number of hydrogen-bond acceptors (Lipinski definition) is 5. The monoisotopic (exact) mass is 761 g/mol. The lowest BCUT2D eigenvalue weighted by Crippen LogP contribution is -2.30. The second-order valence-corrected chi connectivity index (χ2v) is 16.0. The van der Waals surface area contributed by atoms with Crippen LogP contribution in [0.25, 0.3) is 0 Å². The van der Waals surface area contributed by atoms with Gasteiger partial charge in [0.25, 0.3) is 0 Å². The molecular weight excluding hydrogens is 669 g/mol. The maximum atomic E-state index is 12.7. The molecule has 5 nitrogen and oxygen atoms in total. The van der Waals surface area contributed by atoms with Crippen LogP contribution in [0, 0.1) is 0 Å². The highest BCUT2D eigenvalue weighted by Gasteiger charge is 2.17. The molecule has 0 bridgehead atoms. The maximum Gasteiger partial charge on any atom is 0.306 e. The van der Waals surface area contributed by atoms with Crippen LogP contribution in [0.2, 0.25) is 0 Å². The van der Waals surface area contributed by atoms with E-state index < -0.39 is 6.10 Å². The van der Waals surface area contributed by atoms with Gasteiger partial charge < -0.3 is 14.2 Å². The Kier molecular flexibility index (Phi) is 44.4. The summed E-state index contributed by atoms with van der Waals surface area (Å²) < 4.78 is 17.3. The average molecular weight is 761 g/mol. The fourth-order valence-electron chi connectivity index (χ4n) is 6.89. The Morgan fingerprint density at radius 2 is 0.778 bits per heavy atom. The minimum absolute atomic E-state index is 0.0895. The standard InChI is InChI=1S/C49H92O5/c1-4-7-10-13-16-19-21-22-23-24-25-26-27-28-30-31-33-36-39-42-48(50)53-46-47(45-52-44-41-38-35-18-15-12-9-6-3)54-49(51)43-40-37-34-32-29-20-17-14-11-8-5-2/h16,19,22-23,47H,4-15,17-18,20-21,24-46H2,1-3H3/b19-16-,23-22-. The highest BCUT2D eigenvalue weighted by atomic mass is 16.6. The largest absolute Gasteiger partial charge is 0.462 e. The molecule has 0 aliphatic heterocycles. The normalized spacial score (nSPS) is 12.3. The first-order valence-corrected chi connectivity index (χ1v) is 23.9. The molecule has 0 N–H and O–H groups in total. The van der Waals surface area contributed by atoms with Crippen molar-refractivity contribution in [3.8, 4) is 0 Å². The number of ether oxygens (including phenoxy) is 3. The number of hydrogen-bond donors (Lipinski definition) is 0. The van der Waals surface area contributed by atoms with Crippen molar-refractivity contribution in [2.45, 2.75) is 258 Å². The van der Waals surface area contributed by atoms with Gasteiger partial charge in [0.1, 0.15) is 6.61 Å². The van der Waals surface area contributed by atoms with Gasteiger partial charge >= 0.3 is 11.9 Å². The van der Waals surface area contributed by atoms with Crippen molar-refractivity contribution in [3.05, 3.63) is 24.3 Å². The van der Waals surface area contributed by atoms with E-state index in [1.54, 1.807) is 0 Å². The molecule has 0 aromatic rings. The summed E-state index contributed by atoms with van der Waals surface area (Å²) in [5.41, 5.74) is 0. The molecule has 0 aliphatic carbocycles. The van der Waals surface area contributed by atoms with Crippen LogP contribution >= 0.6 is 0 Å². The molecule has 5 heteroatoms. The Bertz CT molecular complexity index is 821. The summed E-state index contributed by atoms with van der Waals surface area (Å²) in [6.07, 6.45) is 51.8. The van der Waals surface area contributed by atoms with E-state index in [4.69, 9.17) is 14.2 Å². The highest BCUT2D eigenvalue weighted by Crippen LogP contribution is 2.15. The molecule has 0 saturated carbocycles.